The molecule has 2 rings (SSSR count). The van der Waals surface area contributed by atoms with Crippen molar-refractivity contribution < 1.29 is 9.50 Å². The third-order valence-corrected chi connectivity index (χ3v) is 4.23. The van der Waals surface area contributed by atoms with E-state index in [0.29, 0.717) is 0 Å². The topological polar surface area (TPSA) is 46.2 Å². The summed E-state index contributed by atoms with van der Waals surface area (Å²) in [5.41, 5.74) is 6.00. The zero-order valence-electron chi connectivity index (χ0n) is 9.17. The first-order valence-electron chi connectivity index (χ1n) is 5.59. The Balaban J connectivity index is 2.29. The lowest BCUT2D eigenvalue weighted by molar-refractivity contribution is 0.0405. The third-order valence-electron chi connectivity index (χ3n) is 3.41. The van der Waals surface area contributed by atoms with Crippen LogP contribution >= 0.6 is 23.2 Å². The molecule has 0 radical (unpaired) electrons. The number of rotatable bonds is 3. The van der Waals surface area contributed by atoms with Crippen LogP contribution in [-0.4, -0.2) is 11.2 Å². The van der Waals surface area contributed by atoms with Crippen LogP contribution in [-0.2, 0) is 0 Å². The SMILES string of the molecule is N[C@@H](c1c(F)ccc(Cl)c1Cl)[C@H](O)C1CCC1. The van der Waals surface area contributed by atoms with E-state index < -0.39 is 18.0 Å². The van der Waals surface area contributed by atoms with Crippen LogP contribution in [0.3, 0.4) is 0 Å². The fourth-order valence-corrected chi connectivity index (χ4v) is 2.54. The number of benzene rings is 1. The van der Waals surface area contributed by atoms with Crippen molar-refractivity contribution >= 4 is 23.2 Å². The molecule has 17 heavy (non-hydrogen) atoms. The van der Waals surface area contributed by atoms with E-state index in [1.807, 2.05) is 0 Å². The van der Waals surface area contributed by atoms with Crippen LogP contribution in [0.1, 0.15) is 30.9 Å². The molecule has 0 saturated heterocycles. The van der Waals surface area contributed by atoms with Crippen LogP contribution in [0.25, 0.3) is 0 Å². The molecule has 0 heterocycles. The van der Waals surface area contributed by atoms with Gasteiger partial charge in [0, 0.05) is 5.56 Å². The van der Waals surface area contributed by atoms with Gasteiger partial charge in [-0.15, -0.1) is 0 Å². The molecule has 1 fully saturated rings. The Morgan fingerprint density at radius 3 is 2.53 bits per heavy atom. The maximum Gasteiger partial charge on any atom is 0.129 e. The van der Waals surface area contributed by atoms with E-state index in [2.05, 4.69) is 0 Å². The highest BCUT2D eigenvalue weighted by Crippen LogP contribution is 2.38. The van der Waals surface area contributed by atoms with E-state index in [4.69, 9.17) is 28.9 Å². The Labute approximate surface area is 110 Å². The van der Waals surface area contributed by atoms with Gasteiger partial charge in [-0.05, 0) is 30.9 Å². The summed E-state index contributed by atoms with van der Waals surface area (Å²) in [6, 6.07) is 1.77. The highest BCUT2D eigenvalue weighted by atomic mass is 35.5. The van der Waals surface area contributed by atoms with Crippen molar-refractivity contribution in [2.24, 2.45) is 11.7 Å². The molecular formula is C12H14Cl2FNO. The smallest absolute Gasteiger partial charge is 0.129 e. The zero-order valence-corrected chi connectivity index (χ0v) is 10.7. The maximum atomic E-state index is 13.7. The van der Waals surface area contributed by atoms with Gasteiger partial charge >= 0.3 is 0 Å². The summed E-state index contributed by atoms with van der Waals surface area (Å²) < 4.78 is 13.7. The first-order chi connectivity index (χ1) is 8.02. The predicted octanol–water partition coefficient (Wildman–Crippen LogP) is 3.29. The summed E-state index contributed by atoms with van der Waals surface area (Å²) in [5.74, 6) is -0.385. The van der Waals surface area contributed by atoms with Crippen molar-refractivity contribution in [3.05, 3.63) is 33.6 Å². The Kier molecular flexibility index (Phi) is 3.93. The largest absolute Gasteiger partial charge is 0.391 e. The van der Waals surface area contributed by atoms with E-state index in [9.17, 15) is 9.50 Å². The van der Waals surface area contributed by atoms with E-state index in [0.717, 1.165) is 19.3 Å². The highest BCUT2D eigenvalue weighted by molar-refractivity contribution is 6.42. The number of halogens is 3. The van der Waals surface area contributed by atoms with Crippen LogP contribution in [0.2, 0.25) is 10.0 Å². The normalized spacial score (nSPS) is 19.8. The third kappa shape index (κ3) is 2.43. The predicted molar refractivity (Wildman–Crippen MR) is 66.7 cm³/mol. The standard InChI is InChI=1S/C12H14Cl2FNO/c13-7-4-5-8(15)9(10(7)14)11(16)12(17)6-2-1-3-6/h4-6,11-12,17H,1-3,16H2/t11-,12+/m0/s1. The number of hydrogen-bond donors (Lipinski definition) is 2. The molecule has 2 atom stereocenters. The Hall–Kier alpha value is -0.350. The quantitative estimate of drug-likeness (QED) is 0.833. The molecule has 0 unspecified atom stereocenters. The van der Waals surface area contributed by atoms with Gasteiger partial charge in [-0.1, -0.05) is 29.6 Å². The summed E-state index contributed by atoms with van der Waals surface area (Å²) in [7, 11) is 0. The van der Waals surface area contributed by atoms with E-state index in [-0.39, 0.29) is 21.5 Å². The molecule has 1 aliphatic carbocycles. The molecule has 0 aliphatic heterocycles. The lowest BCUT2D eigenvalue weighted by Gasteiger charge is -2.34. The van der Waals surface area contributed by atoms with Gasteiger partial charge in [0.05, 0.1) is 22.2 Å². The summed E-state index contributed by atoms with van der Waals surface area (Å²) >= 11 is 11.8. The van der Waals surface area contributed by atoms with E-state index in [1.165, 1.54) is 12.1 Å². The fourth-order valence-electron chi connectivity index (χ4n) is 2.09. The zero-order chi connectivity index (χ0) is 12.6. The summed E-state index contributed by atoms with van der Waals surface area (Å²) in [4.78, 5) is 0. The first kappa shape index (κ1) is 13.1. The minimum Gasteiger partial charge on any atom is -0.391 e. The molecule has 1 aromatic rings. The van der Waals surface area contributed by atoms with Gasteiger partial charge in [0.2, 0.25) is 0 Å². The van der Waals surface area contributed by atoms with Crippen LogP contribution in [0.5, 0.6) is 0 Å². The average Bonchev–Trinajstić information content (AvgIpc) is 2.21. The molecule has 0 bridgehead atoms. The number of hydrogen-bond acceptors (Lipinski definition) is 2. The molecule has 2 nitrogen and oxygen atoms in total. The van der Waals surface area contributed by atoms with Crippen LogP contribution in [0.4, 0.5) is 4.39 Å². The molecule has 1 aromatic carbocycles. The van der Waals surface area contributed by atoms with Crippen molar-refractivity contribution in [1.29, 1.82) is 0 Å². The maximum absolute atomic E-state index is 13.7. The lowest BCUT2D eigenvalue weighted by atomic mass is 9.77. The van der Waals surface area contributed by atoms with Gasteiger partial charge in [0.15, 0.2) is 0 Å². The van der Waals surface area contributed by atoms with Crippen molar-refractivity contribution in [2.75, 3.05) is 0 Å². The van der Waals surface area contributed by atoms with Gasteiger partial charge in [-0.25, -0.2) is 4.39 Å². The number of nitrogens with two attached hydrogens (primary N) is 1. The van der Waals surface area contributed by atoms with Crippen LogP contribution in [0.15, 0.2) is 12.1 Å². The van der Waals surface area contributed by atoms with Crippen LogP contribution in [0, 0.1) is 11.7 Å². The molecule has 1 saturated carbocycles. The van der Waals surface area contributed by atoms with Crippen molar-refractivity contribution in [3.63, 3.8) is 0 Å². The Morgan fingerprint density at radius 1 is 1.35 bits per heavy atom. The number of aliphatic hydroxyl groups is 1. The highest BCUT2D eigenvalue weighted by Gasteiger charge is 2.33. The van der Waals surface area contributed by atoms with Crippen molar-refractivity contribution in [2.45, 2.75) is 31.4 Å². The van der Waals surface area contributed by atoms with Crippen molar-refractivity contribution in [3.8, 4) is 0 Å². The lowest BCUT2D eigenvalue weighted by Crippen LogP contribution is -2.37. The second-order valence-electron chi connectivity index (χ2n) is 4.46. The van der Waals surface area contributed by atoms with Crippen LogP contribution < -0.4 is 5.73 Å². The summed E-state index contributed by atoms with van der Waals surface area (Å²) in [5, 5.41) is 10.4. The van der Waals surface area contributed by atoms with E-state index in [1.54, 1.807) is 0 Å². The number of aliphatic hydroxyl groups excluding tert-OH is 1. The molecule has 0 amide bonds. The minimum atomic E-state index is -0.827. The van der Waals surface area contributed by atoms with Gasteiger partial charge in [0.1, 0.15) is 5.82 Å². The molecule has 1 aliphatic rings. The molecule has 3 N–H and O–H groups in total. The molecule has 5 heteroatoms. The molecule has 0 spiro atoms. The Morgan fingerprint density at radius 2 is 2.00 bits per heavy atom. The second kappa shape index (κ2) is 5.11. The monoisotopic (exact) mass is 277 g/mol. The molecule has 0 aromatic heterocycles. The summed E-state index contributed by atoms with van der Waals surface area (Å²) in [6.45, 7) is 0. The van der Waals surface area contributed by atoms with Crippen molar-refractivity contribution in [1.82, 2.24) is 0 Å². The van der Waals surface area contributed by atoms with Gasteiger partial charge in [-0.2, -0.15) is 0 Å². The Bertz CT molecular complexity index is 423. The van der Waals surface area contributed by atoms with Gasteiger partial charge in [-0.3, -0.25) is 0 Å². The van der Waals surface area contributed by atoms with Gasteiger partial charge < -0.3 is 10.8 Å². The van der Waals surface area contributed by atoms with Gasteiger partial charge in [0.25, 0.3) is 0 Å². The second-order valence-corrected chi connectivity index (χ2v) is 5.25. The molecular weight excluding hydrogens is 264 g/mol. The summed E-state index contributed by atoms with van der Waals surface area (Å²) in [6.07, 6.45) is 2.16. The fraction of sp³-hybridized carbons (Fsp3) is 0.500. The first-order valence-corrected chi connectivity index (χ1v) is 6.35. The minimum absolute atomic E-state index is 0.0949. The average molecular weight is 278 g/mol. The molecule has 94 valence electrons. The van der Waals surface area contributed by atoms with E-state index >= 15 is 0 Å².